The van der Waals surface area contributed by atoms with Crippen LogP contribution in [0.25, 0.3) is 0 Å². The number of nitrogens with one attached hydrogen (secondary N) is 1. The second kappa shape index (κ2) is 8.22. The zero-order valence-electron chi connectivity index (χ0n) is 12.8. The van der Waals surface area contributed by atoms with Gasteiger partial charge in [-0.2, -0.15) is 5.26 Å². The molecule has 0 amide bonds. The fraction of sp³-hybridized carbons (Fsp3) is 0.533. The third kappa shape index (κ3) is 4.72. The Balaban J connectivity index is 0.000000677. The van der Waals surface area contributed by atoms with E-state index in [2.05, 4.69) is 28.3 Å². The van der Waals surface area contributed by atoms with E-state index in [9.17, 15) is 0 Å². The predicted octanol–water partition coefficient (Wildman–Crippen LogP) is 1.78. The van der Waals surface area contributed by atoms with Gasteiger partial charge in [0.25, 0.3) is 6.47 Å². The Labute approximate surface area is 125 Å². The molecular formula is C15H22N4O2. The van der Waals surface area contributed by atoms with Gasteiger partial charge in [0.1, 0.15) is 11.9 Å². The molecule has 1 aliphatic heterocycles. The minimum absolute atomic E-state index is 0.250. The van der Waals surface area contributed by atoms with Crippen molar-refractivity contribution in [3.8, 4) is 6.07 Å². The van der Waals surface area contributed by atoms with Crippen molar-refractivity contribution >= 4 is 12.3 Å². The number of likely N-dealkylation sites (N-methyl/N-ethyl adjacent to an activating group) is 1. The van der Waals surface area contributed by atoms with Crippen molar-refractivity contribution < 1.29 is 9.90 Å². The lowest BCUT2D eigenvalue weighted by molar-refractivity contribution is -0.122. The molecule has 1 aromatic rings. The summed E-state index contributed by atoms with van der Waals surface area (Å²) in [6.45, 7) is 5.74. The minimum Gasteiger partial charge on any atom is -0.483 e. The molecule has 6 heteroatoms. The number of likely N-dealkylation sites (tertiary alicyclic amines) is 1. The van der Waals surface area contributed by atoms with Crippen LogP contribution in [0.5, 0.6) is 0 Å². The number of anilines is 1. The van der Waals surface area contributed by atoms with E-state index < -0.39 is 0 Å². The molecular weight excluding hydrogens is 268 g/mol. The van der Waals surface area contributed by atoms with Crippen LogP contribution >= 0.6 is 0 Å². The molecule has 0 bridgehead atoms. The summed E-state index contributed by atoms with van der Waals surface area (Å²) in [4.78, 5) is 15.2. The number of aromatic nitrogens is 1. The average Bonchev–Trinajstić information content (AvgIpc) is 2.86. The third-order valence-corrected chi connectivity index (χ3v) is 3.76. The van der Waals surface area contributed by atoms with Gasteiger partial charge in [-0.25, -0.2) is 4.98 Å². The van der Waals surface area contributed by atoms with Gasteiger partial charge in [-0.3, -0.25) is 4.79 Å². The van der Waals surface area contributed by atoms with Crippen molar-refractivity contribution in [3.63, 3.8) is 0 Å². The number of hydrogen-bond donors (Lipinski definition) is 2. The number of nitriles is 1. The molecule has 1 saturated heterocycles. The molecule has 114 valence electrons. The molecule has 0 aliphatic carbocycles. The first-order valence-electron chi connectivity index (χ1n) is 6.93. The smallest absolute Gasteiger partial charge is 0.290 e. The van der Waals surface area contributed by atoms with Gasteiger partial charge in [0.15, 0.2) is 0 Å². The molecule has 0 saturated carbocycles. The quantitative estimate of drug-likeness (QED) is 0.825. The highest BCUT2D eigenvalue weighted by Crippen LogP contribution is 2.19. The van der Waals surface area contributed by atoms with E-state index in [4.69, 9.17) is 15.2 Å². The average molecular weight is 290 g/mol. The second-order valence-electron chi connectivity index (χ2n) is 5.16. The van der Waals surface area contributed by atoms with Crippen LogP contribution in [0.3, 0.4) is 0 Å². The highest BCUT2D eigenvalue weighted by molar-refractivity contribution is 5.54. The highest BCUT2D eigenvalue weighted by Gasteiger charge is 2.20. The maximum Gasteiger partial charge on any atom is 0.290 e. The largest absolute Gasteiger partial charge is 0.483 e. The van der Waals surface area contributed by atoms with Crippen LogP contribution in [-0.4, -0.2) is 47.6 Å². The normalized spacial score (nSPS) is 17.5. The summed E-state index contributed by atoms with van der Waals surface area (Å²) in [6, 6.07) is 4.67. The Morgan fingerprint density at radius 1 is 1.62 bits per heavy atom. The van der Waals surface area contributed by atoms with Gasteiger partial charge in [-0.15, -0.1) is 0 Å². The van der Waals surface area contributed by atoms with Gasteiger partial charge in [0, 0.05) is 18.3 Å². The molecule has 2 heterocycles. The molecule has 1 fully saturated rings. The first kappa shape index (κ1) is 16.9. The monoisotopic (exact) mass is 290 g/mol. The number of aryl methyl sites for hydroxylation is 2. The number of carboxylic acid groups (broad SMARTS) is 1. The molecule has 1 atom stereocenters. The standard InChI is InChI=1S/C14H20N4.CH2O2/c1-10-7-12(8-15)14(17-11(10)2)16-9-13-5-4-6-18(13)3;2-1-3/h7,13H,4-6,9H2,1-3H3,(H,16,17);1H,(H,2,3). The lowest BCUT2D eigenvalue weighted by atomic mass is 10.1. The summed E-state index contributed by atoms with van der Waals surface area (Å²) >= 11 is 0. The van der Waals surface area contributed by atoms with Crippen molar-refractivity contribution in [2.45, 2.75) is 32.7 Å². The third-order valence-electron chi connectivity index (χ3n) is 3.76. The summed E-state index contributed by atoms with van der Waals surface area (Å²) < 4.78 is 0. The predicted molar refractivity (Wildman–Crippen MR) is 81.3 cm³/mol. The van der Waals surface area contributed by atoms with Crippen LogP contribution in [0.4, 0.5) is 5.82 Å². The van der Waals surface area contributed by atoms with Crippen LogP contribution in [0.2, 0.25) is 0 Å². The summed E-state index contributed by atoms with van der Waals surface area (Å²) in [5, 5.41) is 19.4. The van der Waals surface area contributed by atoms with E-state index in [1.54, 1.807) is 0 Å². The number of nitrogens with zero attached hydrogens (tertiary/aromatic N) is 3. The van der Waals surface area contributed by atoms with Gasteiger partial charge in [0.05, 0.1) is 5.56 Å². The molecule has 0 aromatic carbocycles. The Bertz CT molecular complexity index is 525. The molecule has 1 aliphatic rings. The van der Waals surface area contributed by atoms with Gasteiger partial charge >= 0.3 is 0 Å². The topological polar surface area (TPSA) is 89.3 Å². The van der Waals surface area contributed by atoms with Crippen LogP contribution in [0.1, 0.15) is 29.7 Å². The van der Waals surface area contributed by atoms with E-state index in [0.717, 1.165) is 30.2 Å². The van der Waals surface area contributed by atoms with Crippen molar-refractivity contribution in [1.82, 2.24) is 9.88 Å². The van der Waals surface area contributed by atoms with Crippen molar-refractivity contribution in [2.24, 2.45) is 0 Å². The minimum atomic E-state index is -0.250. The van der Waals surface area contributed by atoms with E-state index in [-0.39, 0.29) is 6.47 Å². The maximum absolute atomic E-state index is 9.14. The van der Waals surface area contributed by atoms with E-state index in [0.29, 0.717) is 11.6 Å². The van der Waals surface area contributed by atoms with E-state index >= 15 is 0 Å². The fourth-order valence-electron chi connectivity index (χ4n) is 2.38. The molecule has 2 N–H and O–H groups in total. The van der Waals surface area contributed by atoms with Crippen molar-refractivity contribution in [3.05, 3.63) is 22.9 Å². The molecule has 1 aromatic heterocycles. The zero-order valence-corrected chi connectivity index (χ0v) is 12.8. The number of carbonyl (C=O) groups is 1. The summed E-state index contributed by atoms with van der Waals surface area (Å²) in [6.07, 6.45) is 2.48. The van der Waals surface area contributed by atoms with Crippen LogP contribution in [0, 0.1) is 25.2 Å². The molecule has 1 unspecified atom stereocenters. The van der Waals surface area contributed by atoms with Gasteiger partial charge in [-0.1, -0.05) is 0 Å². The van der Waals surface area contributed by atoms with Crippen molar-refractivity contribution in [2.75, 3.05) is 25.5 Å². The molecule has 2 rings (SSSR count). The van der Waals surface area contributed by atoms with E-state index in [1.807, 2.05) is 19.9 Å². The van der Waals surface area contributed by atoms with E-state index in [1.165, 1.54) is 12.8 Å². The van der Waals surface area contributed by atoms with Gasteiger partial charge in [0.2, 0.25) is 0 Å². The van der Waals surface area contributed by atoms with Crippen LogP contribution in [-0.2, 0) is 4.79 Å². The highest BCUT2D eigenvalue weighted by atomic mass is 16.3. The first-order chi connectivity index (χ1) is 10.0. The number of pyridine rings is 1. The molecule has 21 heavy (non-hydrogen) atoms. The van der Waals surface area contributed by atoms with Crippen molar-refractivity contribution in [1.29, 1.82) is 5.26 Å². The fourth-order valence-corrected chi connectivity index (χ4v) is 2.38. The maximum atomic E-state index is 9.14. The Hall–Kier alpha value is -2.13. The molecule has 6 nitrogen and oxygen atoms in total. The van der Waals surface area contributed by atoms with Crippen LogP contribution in [0.15, 0.2) is 6.07 Å². The number of rotatable bonds is 3. The SMILES string of the molecule is Cc1cc(C#N)c(NCC2CCCN2C)nc1C.O=CO. The Morgan fingerprint density at radius 3 is 2.81 bits per heavy atom. The molecule has 0 radical (unpaired) electrons. The Kier molecular flexibility index (Phi) is 6.63. The summed E-state index contributed by atoms with van der Waals surface area (Å²) in [5.41, 5.74) is 2.69. The number of hydrogen-bond acceptors (Lipinski definition) is 5. The van der Waals surface area contributed by atoms with Gasteiger partial charge < -0.3 is 15.3 Å². The first-order valence-corrected chi connectivity index (χ1v) is 6.93. The molecule has 0 spiro atoms. The lowest BCUT2D eigenvalue weighted by Crippen LogP contribution is -2.32. The van der Waals surface area contributed by atoms with Gasteiger partial charge in [-0.05, 0) is 51.9 Å². The van der Waals surface area contributed by atoms with Crippen LogP contribution < -0.4 is 5.32 Å². The Morgan fingerprint density at radius 2 is 2.29 bits per heavy atom. The lowest BCUT2D eigenvalue weighted by Gasteiger charge is -2.20. The summed E-state index contributed by atoms with van der Waals surface area (Å²) in [7, 11) is 2.15. The summed E-state index contributed by atoms with van der Waals surface area (Å²) in [5.74, 6) is 0.723. The zero-order chi connectivity index (χ0) is 15.8. The second-order valence-corrected chi connectivity index (χ2v) is 5.16.